The first-order chi connectivity index (χ1) is 9.15. The monoisotopic (exact) mass is 276 g/mol. The first-order valence-electron chi connectivity index (χ1n) is 5.61. The first-order valence-corrected chi connectivity index (χ1v) is 5.99. The van der Waals surface area contributed by atoms with Crippen LogP contribution in [0.4, 0.5) is 15.9 Å². The van der Waals surface area contributed by atoms with Gasteiger partial charge in [-0.2, -0.15) is 5.26 Å². The number of nitriles is 1. The summed E-state index contributed by atoms with van der Waals surface area (Å²) in [5.74, 6) is 0.0594. The lowest BCUT2D eigenvalue weighted by Crippen LogP contribution is -2.02. The molecular weight excluding hydrogens is 267 g/mol. The molecule has 0 spiro atoms. The van der Waals surface area contributed by atoms with Crippen LogP contribution in [0.2, 0.25) is 5.15 Å². The highest BCUT2D eigenvalue weighted by Gasteiger charge is 2.10. The zero-order valence-corrected chi connectivity index (χ0v) is 10.9. The number of nitrogens with one attached hydrogen (secondary N) is 1. The van der Waals surface area contributed by atoms with Crippen LogP contribution in [-0.4, -0.2) is 9.97 Å². The van der Waals surface area contributed by atoms with E-state index in [2.05, 4.69) is 15.3 Å². The van der Waals surface area contributed by atoms with Crippen molar-refractivity contribution in [2.24, 2.45) is 0 Å². The minimum absolute atomic E-state index is 0.205. The maximum atomic E-state index is 13.1. The van der Waals surface area contributed by atoms with Crippen LogP contribution in [0.1, 0.15) is 18.1 Å². The number of anilines is 2. The first kappa shape index (κ1) is 13.2. The van der Waals surface area contributed by atoms with Gasteiger partial charge in [-0.3, -0.25) is 0 Å². The minimum atomic E-state index is -0.460. The molecule has 0 radical (unpaired) electrons. The maximum absolute atomic E-state index is 13.1. The van der Waals surface area contributed by atoms with Crippen LogP contribution >= 0.6 is 11.6 Å². The summed E-state index contributed by atoms with van der Waals surface area (Å²) < 4.78 is 13.1. The third kappa shape index (κ3) is 2.80. The third-order valence-corrected chi connectivity index (χ3v) is 2.93. The molecule has 0 unspecified atom stereocenters. The van der Waals surface area contributed by atoms with E-state index >= 15 is 0 Å². The van der Waals surface area contributed by atoms with Crippen molar-refractivity contribution < 1.29 is 4.39 Å². The van der Waals surface area contributed by atoms with Crippen LogP contribution in [0.25, 0.3) is 0 Å². The summed E-state index contributed by atoms with van der Waals surface area (Å²) in [6.45, 7) is 1.92. The molecule has 96 valence electrons. The predicted octanol–water partition coefficient (Wildman–Crippen LogP) is 3.45. The lowest BCUT2D eigenvalue weighted by Gasteiger charge is -2.11. The molecule has 4 nitrogen and oxygen atoms in total. The van der Waals surface area contributed by atoms with Crippen molar-refractivity contribution in [1.29, 1.82) is 5.26 Å². The lowest BCUT2D eigenvalue weighted by atomic mass is 10.1. The van der Waals surface area contributed by atoms with Gasteiger partial charge < -0.3 is 5.32 Å². The molecular formula is C13H10ClFN4. The number of rotatable bonds is 3. The minimum Gasteiger partial charge on any atom is -0.339 e. The second kappa shape index (κ2) is 5.63. The Kier molecular flexibility index (Phi) is 3.93. The Morgan fingerprint density at radius 3 is 2.89 bits per heavy atom. The molecule has 2 rings (SSSR count). The van der Waals surface area contributed by atoms with Crippen LogP contribution in [0, 0.1) is 17.1 Å². The van der Waals surface area contributed by atoms with Crippen molar-refractivity contribution in [3.05, 3.63) is 46.6 Å². The van der Waals surface area contributed by atoms with Gasteiger partial charge in [0.15, 0.2) is 0 Å². The van der Waals surface area contributed by atoms with Crippen molar-refractivity contribution in [3.63, 3.8) is 0 Å². The second-order valence-corrected chi connectivity index (χ2v) is 4.13. The van der Waals surface area contributed by atoms with E-state index < -0.39 is 5.82 Å². The standard InChI is InChI=1S/C13H10ClFN4/c1-2-10-12(14)17-7-18-13(10)19-11-4-3-9(15)5-8(11)6-16/h3-5,7H,2H2,1H3,(H,17,18,19). The van der Waals surface area contributed by atoms with Crippen molar-refractivity contribution >= 4 is 23.1 Å². The van der Waals surface area contributed by atoms with E-state index in [4.69, 9.17) is 16.9 Å². The van der Waals surface area contributed by atoms with E-state index in [0.29, 0.717) is 23.1 Å². The lowest BCUT2D eigenvalue weighted by molar-refractivity contribution is 0.627. The van der Waals surface area contributed by atoms with E-state index in [1.54, 1.807) is 0 Å². The van der Waals surface area contributed by atoms with Crippen molar-refractivity contribution in [3.8, 4) is 6.07 Å². The molecule has 0 bridgehead atoms. The van der Waals surface area contributed by atoms with Gasteiger partial charge in [0.05, 0.1) is 11.3 Å². The number of hydrogen-bond donors (Lipinski definition) is 1. The average molecular weight is 277 g/mol. The fourth-order valence-corrected chi connectivity index (χ4v) is 1.92. The molecule has 0 aliphatic carbocycles. The van der Waals surface area contributed by atoms with Crippen molar-refractivity contribution in [1.82, 2.24) is 9.97 Å². The van der Waals surface area contributed by atoms with Gasteiger partial charge in [-0.15, -0.1) is 0 Å². The molecule has 1 aromatic heterocycles. The van der Waals surface area contributed by atoms with E-state index in [0.717, 1.165) is 11.6 Å². The van der Waals surface area contributed by atoms with Crippen LogP contribution in [0.5, 0.6) is 0 Å². The zero-order chi connectivity index (χ0) is 13.8. The van der Waals surface area contributed by atoms with Crippen LogP contribution in [0.3, 0.4) is 0 Å². The van der Waals surface area contributed by atoms with Gasteiger partial charge in [0, 0.05) is 5.56 Å². The quantitative estimate of drug-likeness (QED) is 0.872. The number of hydrogen-bond acceptors (Lipinski definition) is 4. The number of benzene rings is 1. The highest BCUT2D eigenvalue weighted by atomic mass is 35.5. The molecule has 1 N–H and O–H groups in total. The third-order valence-electron chi connectivity index (χ3n) is 2.60. The van der Waals surface area contributed by atoms with Gasteiger partial charge in [-0.05, 0) is 24.6 Å². The Morgan fingerprint density at radius 2 is 2.21 bits per heavy atom. The van der Waals surface area contributed by atoms with Crippen LogP contribution in [-0.2, 0) is 6.42 Å². The summed E-state index contributed by atoms with van der Waals surface area (Å²) in [6, 6.07) is 5.86. The molecule has 0 atom stereocenters. The van der Waals surface area contributed by atoms with Gasteiger partial charge in [0.1, 0.15) is 29.2 Å². The second-order valence-electron chi connectivity index (χ2n) is 3.77. The Balaban J connectivity index is 2.42. The van der Waals surface area contributed by atoms with Gasteiger partial charge in [-0.25, -0.2) is 14.4 Å². The van der Waals surface area contributed by atoms with Gasteiger partial charge in [0.25, 0.3) is 0 Å². The van der Waals surface area contributed by atoms with E-state index in [-0.39, 0.29) is 5.56 Å². The molecule has 0 saturated heterocycles. The van der Waals surface area contributed by atoms with Crippen molar-refractivity contribution in [2.75, 3.05) is 5.32 Å². The summed E-state index contributed by atoms with van der Waals surface area (Å²) in [6.07, 6.45) is 1.98. The van der Waals surface area contributed by atoms with E-state index in [9.17, 15) is 4.39 Å². The van der Waals surface area contributed by atoms with Gasteiger partial charge in [0.2, 0.25) is 0 Å². The summed E-state index contributed by atoms with van der Waals surface area (Å²) in [4.78, 5) is 7.99. The fraction of sp³-hybridized carbons (Fsp3) is 0.154. The maximum Gasteiger partial charge on any atom is 0.138 e. The largest absolute Gasteiger partial charge is 0.339 e. The smallest absolute Gasteiger partial charge is 0.138 e. The molecule has 0 aliphatic rings. The van der Waals surface area contributed by atoms with Gasteiger partial charge >= 0.3 is 0 Å². The van der Waals surface area contributed by atoms with E-state index in [1.807, 2.05) is 13.0 Å². The molecule has 6 heteroatoms. The van der Waals surface area contributed by atoms with Gasteiger partial charge in [-0.1, -0.05) is 18.5 Å². The summed E-state index contributed by atoms with van der Waals surface area (Å²) >= 11 is 5.98. The average Bonchev–Trinajstić information content (AvgIpc) is 2.41. The Bertz CT molecular complexity index is 652. The van der Waals surface area contributed by atoms with Crippen LogP contribution in [0.15, 0.2) is 24.5 Å². The topological polar surface area (TPSA) is 61.6 Å². The summed E-state index contributed by atoms with van der Waals surface area (Å²) in [5, 5.41) is 12.3. The van der Waals surface area contributed by atoms with Crippen LogP contribution < -0.4 is 5.32 Å². The van der Waals surface area contributed by atoms with Crippen molar-refractivity contribution in [2.45, 2.75) is 13.3 Å². The highest BCUT2D eigenvalue weighted by molar-refractivity contribution is 6.30. The van der Waals surface area contributed by atoms with E-state index in [1.165, 1.54) is 18.5 Å². The summed E-state index contributed by atoms with van der Waals surface area (Å²) in [5.41, 5.74) is 1.43. The molecule has 1 aromatic carbocycles. The normalized spacial score (nSPS) is 10.0. The summed E-state index contributed by atoms with van der Waals surface area (Å²) in [7, 11) is 0. The zero-order valence-electron chi connectivity index (χ0n) is 10.1. The molecule has 0 amide bonds. The predicted molar refractivity (Wildman–Crippen MR) is 70.8 cm³/mol. The molecule has 19 heavy (non-hydrogen) atoms. The molecule has 0 aliphatic heterocycles. The fourth-order valence-electron chi connectivity index (χ4n) is 1.66. The molecule has 0 fully saturated rings. The molecule has 2 aromatic rings. The Hall–Kier alpha value is -2.19. The number of aromatic nitrogens is 2. The number of nitrogens with zero attached hydrogens (tertiary/aromatic N) is 3. The Morgan fingerprint density at radius 1 is 1.42 bits per heavy atom. The Labute approximate surface area is 114 Å². The number of halogens is 2. The molecule has 0 saturated carbocycles. The highest BCUT2D eigenvalue weighted by Crippen LogP contribution is 2.25. The molecule has 1 heterocycles. The SMILES string of the molecule is CCc1c(Cl)ncnc1Nc1ccc(F)cc1C#N.